The Labute approximate surface area is 97.8 Å². The van der Waals surface area contributed by atoms with Crippen LogP contribution in [0, 0.1) is 17.3 Å². The largest absolute Gasteiger partial charge is 0.0654 e. The molecule has 0 fully saturated rings. The van der Waals surface area contributed by atoms with Gasteiger partial charge in [0, 0.05) is 0 Å². The van der Waals surface area contributed by atoms with Gasteiger partial charge in [0.25, 0.3) is 0 Å². The second-order valence-electron chi connectivity index (χ2n) is 6.38. The molecule has 1 atom stereocenters. The Bertz CT molecular complexity index is 144. The van der Waals surface area contributed by atoms with E-state index >= 15 is 0 Å². The zero-order chi connectivity index (χ0) is 11.9. The second kappa shape index (κ2) is 7.30. The zero-order valence-corrected chi connectivity index (χ0v) is 11.9. The van der Waals surface area contributed by atoms with Crippen molar-refractivity contribution in [2.75, 3.05) is 0 Å². The van der Waals surface area contributed by atoms with Gasteiger partial charge in [-0.2, -0.15) is 0 Å². The highest BCUT2D eigenvalue weighted by molar-refractivity contribution is 4.74. The summed E-state index contributed by atoms with van der Waals surface area (Å²) in [5, 5.41) is 0. The van der Waals surface area contributed by atoms with E-state index in [2.05, 4.69) is 41.5 Å². The monoisotopic (exact) mass is 212 g/mol. The molecule has 0 heterocycles. The van der Waals surface area contributed by atoms with E-state index in [1.165, 1.54) is 38.5 Å². The molecule has 0 N–H and O–H groups in total. The molecule has 0 aromatic carbocycles. The minimum atomic E-state index is 0.544. The van der Waals surface area contributed by atoms with E-state index in [4.69, 9.17) is 0 Å². The van der Waals surface area contributed by atoms with Gasteiger partial charge in [0.05, 0.1) is 0 Å². The maximum Gasteiger partial charge on any atom is -0.0349 e. The molecular formula is C15H32. The Morgan fingerprint density at radius 3 is 2.00 bits per heavy atom. The van der Waals surface area contributed by atoms with Crippen LogP contribution in [0.1, 0.15) is 80.1 Å². The van der Waals surface area contributed by atoms with Gasteiger partial charge < -0.3 is 0 Å². The first kappa shape index (κ1) is 15.0. The lowest BCUT2D eigenvalue weighted by atomic mass is 9.75. The van der Waals surface area contributed by atoms with E-state index in [-0.39, 0.29) is 0 Å². The molecule has 0 radical (unpaired) electrons. The Morgan fingerprint density at radius 1 is 1.00 bits per heavy atom. The number of hydrogen-bond acceptors (Lipinski definition) is 0. The average molecular weight is 212 g/mol. The molecule has 92 valence electrons. The maximum atomic E-state index is 2.45. The van der Waals surface area contributed by atoms with Crippen LogP contribution < -0.4 is 0 Å². The van der Waals surface area contributed by atoms with Crippen LogP contribution in [0.2, 0.25) is 0 Å². The highest BCUT2D eigenvalue weighted by Crippen LogP contribution is 2.35. The Morgan fingerprint density at radius 2 is 1.60 bits per heavy atom. The summed E-state index contributed by atoms with van der Waals surface area (Å²) in [5.74, 6) is 1.79. The number of rotatable bonds is 8. The minimum absolute atomic E-state index is 0.544. The van der Waals surface area contributed by atoms with Gasteiger partial charge in [-0.05, 0) is 30.1 Å². The van der Waals surface area contributed by atoms with Crippen LogP contribution in [-0.4, -0.2) is 0 Å². The Hall–Kier alpha value is 0. The summed E-state index contributed by atoms with van der Waals surface area (Å²) in [5.41, 5.74) is 0.544. The molecule has 0 bridgehead atoms. The fourth-order valence-electron chi connectivity index (χ4n) is 2.91. The van der Waals surface area contributed by atoms with Crippen molar-refractivity contribution in [3.05, 3.63) is 0 Å². The van der Waals surface area contributed by atoms with E-state index in [0.29, 0.717) is 5.41 Å². The van der Waals surface area contributed by atoms with Gasteiger partial charge in [0.15, 0.2) is 0 Å². The van der Waals surface area contributed by atoms with Gasteiger partial charge in [-0.15, -0.1) is 0 Å². The highest BCUT2D eigenvalue weighted by atomic mass is 14.3. The number of unbranched alkanes of at least 4 members (excludes halogenated alkanes) is 1. The van der Waals surface area contributed by atoms with Crippen molar-refractivity contribution in [3.63, 3.8) is 0 Å². The lowest BCUT2D eigenvalue weighted by Gasteiger charge is -2.31. The lowest BCUT2D eigenvalue weighted by Crippen LogP contribution is -2.19. The fourth-order valence-corrected chi connectivity index (χ4v) is 2.91. The third-order valence-electron chi connectivity index (χ3n) is 3.35. The predicted octanol–water partition coefficient (Wildman–Crippen LogP) is 5.67. The molecule has 0 aromatic heterocycles. The van der Waals surface area contributed by atoms with Gasteiger partial charge in [0.2, 0.25) is 0 Å². The molecule has 0 heteroatoms. The maximum absolute atomic E-state index is 2.45. The summed E-state index contributed by atoms with van der Waals surface area (Å²) >= 11 is 0. The molecule has 15 heavy (non-hydrogen) atoms. The van der Waals surface area contributed by atoms with E-state index in [1.54, 1.807) is 0 Å². The third-order valence-corrected chi connectivity index (χ3v) is 3.35. The SMILES string of the molecule is CCCCC(CC)CC(C)(C)CC(C)C. The first-order valence-corrected chi connectivity index (χ1v) is 6.91. The normalized spacial score (nSPS) is 14.6. The van der Waals surface area contributed by atoms with Gasteiger partial charge in [-0.3, -0.25) is 0 Å². The second-order valence-corrected chi connectivity index (χ2v) is 6.38. The van der Waals surface area contributed by atoms with Crippen LogP contribution >= 0.6 is 0 Å². The summed E-state index contributed by atoms with van der Waals surface area (Å²) in [7, 11) is 0. The summed E-state index contributed by atoms with van der Waals surface area (Å²) in [6.07, 6.45) is 8.35. The summed E-state index contributed by atoms with van der Waals surface area (Å²) in [6.45, 7) is 14.2. The van der Waals surface area contributed by atoms with Crippen LogP contribution in [0.5, 0.6) is 0 Å². The molecule has 0 aromatic rings. The molecular weight excluding hydrogens is 180 g/mol. The van der Waals surface area contributed by atoms with Crippen LogP contribution in [0.15, 0.2) is 0 Å². The summed E-state index contributed by atoms with van der Waals surface area (Å²) in [4.78, 5) is 0. The van der Waals surface area contributed by atoms with Gasteiger partial charge in [-0.25, -0.2) is 0 Å². The van der Waals surface area contributed by atoms with E-state index < -0.39 is 0 Å². The standard InChI is InChI=1S/C15H32/c1-7-9-10-14(8-2)12-15(5,6)11-13(3)4/h13-14H,7-12H2,1-6H3. The van der Waals surface area contributed by atoms with E-state index in [0.717, 1.165) is 11.8 Å². The molecule has 0 aliphatic heterocycles. The highest BCUT2D eigenvalue weighted by Gasteiger charge is 2.23. The third kappa shape index (κ3) is 7.88. The summed E-state index contributed by atoms with van der Waals surface area (Å²) in [6, 6.07) is 0. The van der Waals surface area contributed by atoms with Gasteiger partial charge in [-0.1, -0.05) is 67.2 Å². The average Bonchev–Trinajstić information content (AvgIpc) is 2.09. The molecule has 0 spiro atoms. The topological polar surface area (TPSA) is 0 Å². The van der Waals surface area contributed by atoms with Crippen molar-refractivity contribution < 1.29 is 0 Å². The molecule has 0 saturated heterocycles. The van der Waals surface area contributed by atoms with Crippen LogP contribution in [-0.2, 0) is 0 Å². The van der Waals surface area contributed by atoms with Crippen molar-refractivity contribution in [1.29, 1.82) is 0 Å². The van der Waals surface area contributed by atoms with Gasteiger partial charge >= 0.3 is 0 Å². The molecule has 0 saturated carbocycles. The van der Waals surface area contributed by atoms with E-state index in [1.807, 2.05) is 0 Å². The predicted molar refractivity (Wildman–Crippen MR) is 71.2 cm³/mol. The first-order chi connectivity index (χ1) is 6.91. The van der Waals surface area contributed by atoms with Crippen molar-refractivity contribution in [2.45, 2.75) is 80.1 Å². The fraction of sp³-hybridized carbons (Fsp3) is 1.00. The first-order valence-electron chi connectivity index (χ1n) is 6.91. The van der Waals surface area contributed by atoms with Crippen molar-refractivity contribution in [2.24, 2.45) is 17.3 Å². The number of hydrogen-bond donors (Lipinski definition) is 0. The molecule has 1 unspecified atom stereocenters. The molecule has 0 amide bonds. The molecule has 0 aliphatic carbocycles. The van der Waals surface area contributed by atoms with E-state index in [9.17, 15) is 0 Å². The smallest absolute Gasteiger partial charge is 0.0349 e. The van der Waals surface area contributed by atoms with Crippen LogP contribution in [0.4, 0.5) is 0 Å². The van der Waals surface area contributed by atoms with Crippen LogP contribution in [0.25, 0.3) is 0 Å². The van der Waals surface area contributed by atoms with Crippen molar-refractivity contribution in [1.82, 2.24) is 0 Å². The van der Waals surface area contributed by atoms with Crippen molar-refractivity contribution >= 4 is 0 Å². The minimum Gasteiger partial charge on any atom is -0.0654 e. The van der Waals surface area contributed by atoms with Gasteiger partial charge in [0.1, 0.15) is 0 Å². The summed E-state index contributed by atoms with van der Waals surface area (Å²) < 4.78 is 0. The molecule has 0 rings (SSSR count). The zero-order valence-electron chi connectivity index (χ0n) is 11.9. The quantitative estimate of drug-likeness (QED) is 0.486. The Balaban J connectivity index is 4.02. The lowest BCUT2D eigenvalue weighted by molar-refractivity contribution is 0.207. The van der Waals surface area contributed by atoms with Crippen LogP contribution in [0.3, 0.4) is 0 Å². The molecule has 0 nitrogen and oxygen atoms in total. The van der Waals surface area contributed by atoms with Crippen molar-refractivity contribution in [3.8, 4) is 0 Å². The Kier molecular flexibility index (Phi) is 7.30. The molecule has 0 aliphatic rings.